The highest BCUT2D eigenvalue weighted by molar-refractivity contribution is 9.10. The molecule has 0 fully saturated rings. The molecule has 0 unspecified atom stereocenters. The van der Waals surface area contributed by atoms with Crippen molar-refractivity contribution in [2.45, 2.75) is 6.18 Å². The summed E-state index contributed by atoms with van der Waals surface area (Å²) in [5.41, 5.74) is 1.70. The van der Waals surface area contributed by atoms with Gasteiger partial charge in [0, 0.05) is 6.20 Å². The molecule has 9 heteroatoms. The van der Waals surface area contributed by atoms with E-state index < -0.39 is 12.8 Å². The predicted octanol–water partition coefficient (Wildman–Crippen LogP) is 3.49. The van der Waals surface area contributed by atoms with E-state index in [4.69, 9.17) is 0 Å². The van der Waals surface area contributed by atoms with Crippen LogP contribution in [0.25, 0.3) is 17.0 Å². The SMILES string of the molecule is FC(F)(F)COc1cn2cc(-c3cccc(Br)n3)nc2cn1. The third kappa shape index (κ3) is 3.35. The molecule has 0 bridgehead atoms. The summed E-state index contributed by atoms with van der Waals surface area (Å²) < 4.78 is 43.2. The first-order valence-corrected chi connectivity index (χ1v) is 6.87. The fourth-order valence-electron chi connectivity index (χ4n) is 1.79. The first-order chi connectivity index (χ1) is 10.4. The number of pyridine rings is 1. The minimum absolute atomic E-state index is 0.129. The van der Waals surface area contributed by atoms with Crippen LogP contribution in [0.2, 0.25) is 0 Å². The van der Waals surface area contributed by atoms with E-state index in [1.165, 1.54) is 16.8 Å². The number of aromatic nitrogens is 4. The summed E-state index contributed by atoms with van der Waals surface area (Å²) in [5.74, 6) is -0.129. The van der Waals surface area contributed by atoms with Crippen molar-refractivity contribution in [3.8, 4) is 17.3 Å². The maximum Gasteiger partial charge on any atom is 0.422 e. The Morgan fingerprint density at radius 2 is 1.95 bits per heavy atom. The molecule has 0 atom stereocenters. The van der Waals surface area contributed by atoms with E-state index in [0.717, 1.165) is 0 Å². The Morgan fingerprint density at radius 3 is 2.68 bits per heavy atom. The molecule has 0 aliphatic carbocycles. The lowest BCUT2D eigenvalue weighted by molar-refractivity contribution is -0.154. The fourth-order valence-corrected chi connectivity index (χ4v) is 2.13. The number of imidazole rings is 1. The van der Waals surface area contributed by atoms with Crippen LogP contribution in [-0.4, -0.2) is 32.1 Å². The molecule has 3 rings (SSSR count). The second-order valence-corrected chi connectivity index (χ2v) is 5.18. The van der Waals surface area contributed by atoms with Crippen LogP contribution >= 0.6 is 15.9 Å². The van der Waals surface area contributed by atoms with Crippen molar-refractivity contribution >= 4 is 21.6 Å². The van der Waals surface area contributed by atoms with Crippen LogP contribution in [0.1, 0.15) is 0 Å². The molecule has 5 nitrogen and oxygen atoms in total. The van der Waals surface area contributed by atoms with Crippen LogP contribution < -0.4 is 4.74 Å². The Labute approximate surface area is 130 Å². The van der Waals surface area contributed by atoms with Crippen molar-refractivity contribution in [1.29, 1.82) is 0 Å². The number of hydrogen-bond donors (Lipinski definition) is 0. The van der Waals surface area contributed by atoms with Crippen LogP contribution in [0.3, 0.4) is 0 Å². The van der Waals surface area contributed by atoms with Crippen molar-refractivity contribution in [2.24, 2.45) is 0 Å². The average Bonchev–Trinajstić information content (AvgIpc) is 2.87. The van der Waals surface area contributed by atoms with Gasteiger partial charge >= 0.3 is 6.18 Å². The Bertz CT molecular complexity index is 818. The number of fused-ring (bicyclic) bond motifs is 1. The average molecular weight is 373 g/mol. The molecule has 0 radical (unpaired) electrons. The lowest BCUT2D eigenvalue weighted by atomic mass is 10.3. The Hall–Kier alpha value is -2.16. The molecule has 0 aliphatic heterocycles. The number of hydrogen-bond acceptors (Lipinski definition) is 4. The van der Waals surface area contributed by atoms with Crippen LogP contribution in [0.15, 0.2) is 41.4 Å². The molecule has 0 amide bonds. The lowest BCUT2D eigenvalue weighted by Gasteiger charge is -2.07. The molecule has 3 aromatic heterocycles. The largest absolute Gasteiger partial charge is 0.467 e. The van der Waals surface area contributed by atoms with Gasteiger partial charge in [0.25, 0.3) is 0 Å². The van der Waals surface area contributed by atoms with E-state index in [2.05, 4.69) is 35.6 Å². The quantitative estimate of drug-likeness (QED) is 0.660. The zero-order valence-corrected chi connectivity index (χ0v) is 12.5. The number of nitrogens with zero attached hydrogens (tertiary/aromatic N) is 4. The van der Waals surface area contributed by atoms with Gasteiger partial charge in [0.15, 0.2) is 12.3 Å². The minimum Gasteiger partial charge on any atom is -0.467 e. The van der Waals surface area contributed by atoms with Crippen molar-refractivity contribution in [3.63, 3.8) is 0 Å². The second kappa shape index (κ2) is 5.56. The standard InChI is InChI=1S/C13H8BrF3N4O/c14-10-3-1-2-8(19-10)9-5-21-6-12(18-4-11(21)20-9)22-7-13(15,16)17/h1-6H,7H2. The van der Waals surface area contributed by atoms with E-state index in [1.54, 1.807) is 18.3 Å². The molecule has 3 heterocycles. The highest BCUT2D eigenvalue weighted by Crippen LogP contribution is 2.21. The maximum atomic E-state index is 12.1. The summed E-state index contributed by atoms with van der Waals surface area (Å²) in [4.78, 5) is 12.4. The fraction of sp³-hybridized carbons (Fsp3) is 0.154. The van der Waals surface area contributed by atoms with Crippen molar-refractivity contribution in [3.05, 3.63) is 41.4 Å². The topological polar surface area (TPSA) is 52.3 Å². The molecule has 3 aromatic rings. The molecule has 0 saturated heterocycles. The first kappa shape index (κ1) is 14.8. The zero-order chi connectivity index (χ0) is 15.7. The predicted molar refractivity (Wildman–Crippen MR) is 75.5 cm³/mol. The zero-order valence-electron chi connectivity index (χ0n) is 10.9. The van der Waals surface area contributed by atoms with Gasteiger partial charge in [-0.2, -0.15) is 13.2 Å². The third-order valence-corrected chi connectivity index (χ3v) is 3.12. The number of rotatable bonds is 3. The first-order valence-electron chi connectivity index (χ1n) is 6.08. The molecular weight excluding hydrogens is 365 g/mol. The van der Waals surface area contributed by atoms with Gasteiger partial charge in [0.2, 0.25) is 5.88 Å². The van der Waals surface area contributed by atoms with Crippen LogP contribution in [-0.2, 0) is 0 Å². The summed E-state index contributed by atoms with van der Waals surface area (Å²) in [7, 11) is 0. The molecule has 22 heavy (non-hydrogen) atoms. The second-order valence-electron chi connectivity index (χ2n) is 4.37. The smallest absolute Gasteiger partial charge is 0.422 e. The molecule has 0 N–H and O–H groups in total. The van der Waals surface area contributed by atoms with E-state index in [0.29, 0.717) is 21.6 Å². The molecule has 114 valence electrons. The number of ether oxygens (including phenoxy) is 1. The number of alkyl halides is 3. The van der Waals surface area contributed by atoms with Gasteiger partial charge in [0.1, 0.15) is 10.3 Å². The van der Waals surface area contributed by atoms with Crippen LogP contribution in [0.4, 0.5) is 13.2 Å². The normalized spacial score (nSPS) is 11.8. The Kier molecular flexibility index (Phi) is 3.73. The van der Waals surface area contributed by atoms with E-state index in [1.807, 2.05) is 6.07 Å². The Balaban J connectivity index is 1.90. The minimum atomic E-state index is -4.41. The van der Waals surface area contributed by atoms with Gasteiger partial charge in [-0.25, -0.2) is 15.0 Å². The molecule has 0 spiro atoms. The Morgan fingerprint density at radius 1 is 1.14 bits per heavy atom. The van der Waals surface area contributed by atoms with Gasteiger partial charge in [-0.3, -0.25) is 4.40 Å². The molecule has 0 saturated carbocycles. The van der Waals surface area contributed by atoms with Crippen LogP contribution in [0, 0.1) is 0 Å². The monoisotopic (exact) mass is 372 g/mol. The number of halogens is 4. The summed E-state index contributed by atoms with van der Waals surface area (Å²) in [6.07, 6.45) is -0.0774. The van der Waals surface area contributed by atoms with Crippen molar-refractivity contribution in [2.75, 3.05) is 6.61 Å². The van der Waals surface area contributed by atoms with Gasteiger partial charge in [0.05, 0.1) is 18.1 Å². The van der Waals surface area contributed by atoms with Gasteiger partial charge in [-0.15, -0.1) is 0 Å². The van der Waals surface area contributed by atoms with E-state index >= 15 is 0 Å². The third-order valence-electron chi connectivity index (χ3n) is 2.68. The molecule has 0 aliphatic rings. The van der Waals surface area contributed by atoms with Crippen molar-refractivity contribution < 1.29 is 17.9 Å². The van der Waals surface area contributed by atoms with E-state index in [9.17, 15) is 13.2 Å². The maximum absolute atomic E-state index is 12.1. The van der Waals surface area contributed by atoms with Gasteiger partial charge < -0.3 is 4.74 Å². The summed E-state index contributed by atoms with van der Waals surface area (Å²) in [6.45, 7) is -1.39. The highest BCUT2D eigenvalue weighted by atomic mass is 79.9. The molecular formula is C13H8BrF3N4O. The highest BCUT2D eigenvalue weighted by Gasteiger charge is 2.28. The van der Waals surface area contributed by atoms with Gasteiger partial charge in [-0.1, -0.05) is 6.07 Å². The van der Waals surface area contributed by atoms with Crippen molar-refractivity contribution in [1.82, 2.24) is 19.4 Å². The summed E-state index contributed by atoms with van der Waals surface area (Å²) in [6, 6.07) is 5.37. The summed E-state index contributed by atoms with van der Waals surface area (Å²) in [5, 5.41) is 0. The summed E-state index contributed by atoms with van der Waals surface area (Å²) >= 11 is 3.27. The molecule has 0 aromatic carbocycles. The van der Waals surface area contributed by atoms with Gasteiger partial charge in [-0.05, 0) is 28.1 Å². The van der Waals surface area contributed by atoms with E-state index in [-0.39, 0.29) is 5.88 Å². The van der Waals surface area contributed by atoms with Crippen LogP contribution in [0.5, 0.6) is 5.88 Å². The lowest BCUT2D eigenvalue weighted by Crippen LogP contribution is -2.19.